The van der Waals surface area contributed by atoms with E-state index in [1.165, 1.54) is 0 Å². The van der Waals surface area contributed by atoms with Crippen molar-refractivity contribution in [2.75, 3.05) is 0 Å². The molecule has 0 aromatic carbocycles. The zero-order chi connectivity index (χ0) is 10.9. The third-order valence-electron chi connectivity index (χ3n) is 2.29. The summed E-state index contributed by atoms with van der Waals surface area (Å²) in [5, 5.41) is 0.0847. The Morgan fingerprint density at radius 2 is 1.31 bits per heavy atom. The highest BCUT2D eigenvalue weighted by Crippen LogP contribution is 2.46. The fraction of sp³-hybridized carbons (Fsp3) is 1.00. The predicted molar refractivity (Wildman–Crippen MR) is 66.1 cm³/mol. The number of halogens is 2. The predicted octanol–water partition coefficient (Wildman–Crippen LogP) is 5.14. The van der Waals surface area contributed by atoms with Crippen LogP contribution in [0.1, 0.15) is 48.0 Å². The van der Waals surface area contributed by atoms with E-state index in [1.807, 2.05) is 0 Å². The lowest BCUT2D eigenvalue weighted by atomic mass is 9.94. The van der Waals surface area contributed by atoms with Crippen LogP contribution in [0, 0.1) is 5.41 Å². The molecular formula is C10H22Cl2Si. The Morgan fingerprint density at radius 3 is 1.54 bits per heavy atom. The fourth-order valence-corrected chi connectivity index (χ4v) is 3.29. The number of rotatable bonds is 2. The van der Waals surface area contributed by atoms with Crippen molar-refractivity contribution in [3.8, 4) is 0 Å². The molecular weight excluding hydrogens is 219 g/mol. The molecule has 3 heteroatoms. The fourth-order valence-electron chi connectivity index (χ4n) is 0.907. The van der Waals surface area contributed by atoms with Crippen LogP contribution in [-0.2, 0) is 0 Å². The van der Waals surface area contributed by atoms with Gasteiger partial charge < -0.3 is 0 Å². The Kier molecular flexibility index (Phi) is 4.37. The van der Waals surface area contributed by atoms with E-state index in [2.05, 4.69) is 41.5 Å². The monoisotopic (exact) mass is 240 g/mol. The van der Waals surface area contributed by atoms with Gasteiger partial charge in [0.05, 0.1) is 0 Å². The number of hydrogen-bond donors (Lipinski definition) is 0. The van der Waals surface area contributed by atoms with Gasteiger partial charge in [0.15, 0.2) is 0 Å². The van der Waals surface area contributed by atoms with Gasteiger partial charge in [-0.15, -0.1) is 22.2 Å². The highest BCUT2D eigenvalue weighted by molar-refractivity contribution is 7.46. The van der Waals surface area contributed by atoms with Gasteiger partial charge in [0.2, 0.25) is 0 Å². The second kappa shape index (κ2) is 4.12. The molecule has 0 fully saturated rings. The highest BCUT2D eigenvalue weighted by Gasteiger charge is 2.42. The smallest absolute Gasteiger partial charge is 0.145 e. The molecule has 0 aliphatic heterocycles. The van der Waals surface area contributed by atoms with Crippen LogP contribution >= 0.6 is 22.2 Å². The Balaban J connectivity index is 4.21. The van der Waals surface area contributed by atoms with E-state index >= 15 is 0 Å². The maximum atomic E-state index is 6.42. The first kappa shape index (κ1) is 13.8. The van der Waals surface area contributed by atoms with Crippen molar-refractivity contribution in [3.05, 3.63) is 0 Å². The second-order valence-electron chi connectivity index (χ2n) is 6.02. The molecule has 0 atom stereocenters. The molecule has 0 aromatic heterocycles. The van der Waals surface area contributed by atoms with Gasteiger partial charge in [0.25, 0.3) is 6.69 Å². The van der Waals surface area contributed by atoms with Gasteiger partial charge in [-0.1, -0.05) is 41.5 Å². The van der Waals surface area contributed by atoms with E-state index in [4.69, 9.17) is 22.2 Å². The van der Waals surface area contributed by atoms with Crippen LogP contribution in [-0.4, -0.2) is 6.69 Å². The largest absolute Gasteiger partial charge is 0.256 e. The van der Waals surface area contributed by atoms with Gasteiger partial charge in [0, 0.05) is 0 Å². The third-order valence-corrected chi connectivity index (χ3v) is 9.89. The first-order valence-electron chi connectivity index (χ1n) is 4.84. The van der Waals surface area contributed by atoms with Crippen molar-refractivity contribution < 1.29 is 0 Å². The van der Waals surface area contributed by atoms with Crippen molar-refractivity contribution in [1.29, 1.82) is 0 Å². The molecule has 0 saturated carbocycles. The third kappa shape index (κ3) is 5.29. The van der Waals surface area contributed by atoms with E-state index in [1.54, 1.807) is 0 Å². The summed E-state index contributed by atoms with van der Waals surface area (Å²) in [6.07, 6.45) is 1.11. The highest BCUT2D eigenvalue weighted by atomic mass is 35.7. The Bertz CT molecular complexity index is 163. The number of hydrogen-bond acceptors (Lipinski definition) is 0. The van der Waals surface area contributed by atoms with E-state index < -0.39 is 6.69 Å². The van der Waals surface area contributed by atoms with E-state index in [0.717, 1.165) is 12.5 Å². The van der Waals surface area contributed by atoms with Gasteiger partial charge in [0.1, 0.15) is 0 Å². The maximum Gasteiger partial charge on any atom is 0.256 e. The molecule has 13 heavy (non-hydrogen) atoms. The molecule has 0 aliphatic carbocycles. The lowest BCUT2D eigenvalue weighted by molar-refractivity contribution is 0.395. The maximum absolute atomic E-state index is 6.42. The summed E-state index contributed by atoms with van der Waals surface area (Å²) in [7, 11) is 0. The van der Waals surface area contributed by atoms with Gasteiger partial charge in [-0.3, -0.25) is 0 Å². The summed E-state index contributed by atoms with van der Waals surface area (Å²) in [5.74, 6) is 0. The average Bonchev–Trinajstić information content (AvgIpc) is 1.79. The van der Waals surface area contributed by atoms with Crippen LogP contribution in [0.2, 0.25) is 11.1 Å². The zero-order valence-electron chi connectivity index (χ0n) is 9.67. The Hall–Kier alpha value is 0.797. The molecule has 0 amide bonds. The minimum Gasteiger partial charge on any atom is -0.145 e. The van der Waals surface area contributed by atoms with Crippen LogP contribution in [0.4, 0.5) is 0 Å². The zero-order valence-corrected chi connectivity index (χ0v) is 12.2. The van der Waals surface area contributed by atoms with Crippen LogP contribution < -0.4 is 0 Å². The van der Waals surface area contributed by atoms with Gasteiger partial charge in [-0.05, 0) is 22.9 Å². The lowest BCUT2D eigenvalue weighted by Crippen LogP contribution is -2.32. The molecule has 0 nitrogen and oxygen atoms in total. The molecule has 0 bridgehead atoms. The molecule has 0 heterocycles. The van der Waals surface area contributed by atoms with Gasteiger partial charge in [-0.2, -0.15) is 0 Å². The molecule has 80 valence electrons. The Labute approximate surface area is 93.4 Å². The second-order valence-corrected chi connectivity index (χ2v) is 13.9. The summed E-state index contributed by atoms with van der Waals surface area (Å²) in [6.45, 7) is 11.0. The van der Waals surface area contributed by atoms with Crippen LogP contribution in [0.25, 0.3) is 0 Å². The molecule has 0 unspecified atom stereocenters. The first-order valence-corrected chi connectivity index (χ1v) is 9.07. The summed E-state index contributed by atoms with van der Waals surface area (Å²) >= 11 is 12.8. The van der Waals surface area contributed by atoms with Crippen molar-refractivity contribution in [3.63, 3.8) is 0 Å². The quantitative estimate of drug-likeness (QED) is 0.463. The molecule has 0 saturated heterocycles. The standard InChI is InChI=1S/C10H22Cl2Si/c1-9(2,3)7-8-13(11,12)10(4,5)6/h7-8H2,1-6H3. The Morgan fingerprint density at radius 1 is 0.923 bits per heavy atom. The normalized spacial score (nSPS) is 14.8. The summed E-state index contributed by atoms with van der Waals surface area (Å²) in [5.41, 5.74) is 0.341. The summed E-state index contributed by atoms with van der Waals surface area (Å²) in [4.78, 5) is 0. The van der Waals surface area contributed by atoms with Crippen molar-refractivity contribution >= 4 is 28.9 Å². The minimum atomic E-state index is -2.07. The van der Waals surface area contributed by atoms with Crippen LogP contribution in [0.3, 0.4) is 0 Å². The average molecular weight is 241 g/mol. The SMILES string of the molecule is CC(C)(C)CC[Si](Cl)(Cl)C(C)(C)C. The lowest BCUT2D eigenvalue weighted by Gasteiger charge is -2.33. The van der Waals surface area contributed by atoms with Crippen molar-refractivity contribution in [2.24, 2.45) is 5.41 Å². The van der Waals surface area contributed by atoms with Crippen LogP contribution in [0.5, 0.6) is 0 Å². The first-order chi connectivity index (χ1) is 5.46. The molecule has 0 N–H and O–H groups in total. The molecule has 0 aromatic rings. The topological polar surface area (TPSA) is 0 Å². The van der Waals surface area contributed by atoms with E-state index in [-0.39, 0.29) is 5.04 Å². The van der Waals surface area contributed by atoms with Crippen molar-refractivity contribution in [2.45, 2.75) is 59.0 Å². The minimum absolute atomic E-state index is 0.0847. The van der Waals surface area contributed by atoms with E-state index in [0.29, 0.717) is 5.41 Å². The molecule has 0 aliphatic rings. The van der Waals surface area contributed by atoms with E-state index in [9.17, 15) is 0 Å². The van der Waals surface area contributed by atoms with Crippen molar-refractivity contribution in [1.82, 2.24) is 0 Å². The van der Waals surface area contributed by atoms with Gasteiger partial charge >= 0.3 is 0 Å². The van der Waals surface area contributed by atoms with Gasteiger partial charge in [-0.25, -0.2) is 0 Å². The summed E-state index contributed by atoms with van der Waals surface area (Å²) < 4.78 is 0. The molecule has 0 rings (SSSR count). The summed E-state index contributed by atoms with van der Waals surface area (Å²) in [6, 6.07) is 0.989. The van der Waals surface area contributed by atoms with Crippen LogP contribution in [0.15, 0.2) is 0 Å². The molecule has 0 spiro atoms. The molecule has 0 radical (unpaired) electrons.